The van der Waals surface area contributed by atoms with Gasteiger partial charge in [-0.1, -0.05) is 26.0 Å². The second-order valence-electron chi connectivity index (χ2n) is 8.10. The van der Waals surface area contributed by atoms with Crippen molar-refractivity contribution in [2.45, 2.75) is 38.5 Å². The van der Waals surface area contributed by atoms with Gasteiger partial charge in [0.2, 0.25) is 0 Å². The van der Waals surface area contributed by atoms with Gasteiger partial charge >= 0.3 is 0 Å². The highest BCUT2D eigenvalue weighted by atomic mass is 16.5. The van der Waals surface area contributed by atoms with Crippen molar-refractivity contribution in [3.63, 3.8) is 0 Å². The van der Waals surface area contributed by atoms with Crippen LogP contribution in [0.2, 0.25) is 0 Å². The molecule has 0 spiro atoms. The monoisotopic (exact) mass is 440 g/mol. The third-order valence-corrected chi connectivity index (χ3v) is 6.05. The Morgan fingerprint density at radius 2 is 1.44 bits per heavy atom. The Morgan fingerprint density at radius 1 is 0.844 bits per heavy atom. The van der Waals surface area contributed by atoms with E-state index < -0.39 is 5.41 Å². The van der Waals surface area contributed by atoms with Gasteiger partial charge in [-0.3, -0.25) is 0 Å². The molecule has 0 aliphatic carbocycles. The third kappa shape index (κ3) is 5.86. The summed E-state index contributed by atoms with van der Waals surface area (Å²) >= 11 is 0. The van der Waals surface area contributed by atoms with Crippen molar-refractivity contribution >= 4 is 0 Å². The molecule has 0 fully saturated rings. The third-order valence-electron chi connectivity index (χ3n) is 6.05. The molecule has 0 saturated carbocycles. The van der Waals surface area contributed by atoms with E-state index in [0.29, 0.717) is 11.5 Å². The van der Waals surface area contributed by atoms with Gasteiger partial charge in [-0.25, -0.2) is 0 Å². The first kappa shape index (κ1) is 25.4. The molecule has 1 atom stereocenters. The van der Waals surface area contributed by atoms with Gasteiger partial charge in [-0.05, 0) is 73.7 Å². The van der Waals surface area contributed by atoms with E-state index in [1.165, 1.54) is 5.56 Å². The van der Waals surface area contributed by atoms with Crippen LogP contribution in [0.25, 0.3) is 0 Å². The molecule has 0 unspecified atom stereocenters. The lowest BCUT2D eigenvalue weighted by Gasteiger charge is -2.32. The molecule has 0 radical (unpaired) electrons. The molecule has 0 aromatic heterocycles. The van der Waals surface area contributed by atoms with Crippen LogP contribution in [0.1, 0.15) is 37.8 Å². The Labute approximate surface area is 192 Å². The van der Waals surface area contributed by atoms with Crippen LogP contribution < -0.4 is 24.3 Å². The second kappa shape index (κ2) is 12.2. The van der Waals surface area contributed by atoms with E-state index in [2.05, 4.69) is 31.3 Å². The Balaban J connectivity index is 1.96. The lowest BCUT2D eigenvalue weighted by Crippen LogP contribution is -2.32. The topological polar surface area (TPSA) is 72.7 Å². The average Bonchev–Trinajstić information content (AvgIpc) is 2.82. The lowest BCUT2D eigenvalue weighted by molar-refractivity contribution is 0.341. The van der Waals surface area contributed by atoms with Crippen LogP contribution in [0.4, 0.5) is 0 Å². The highest BCUT2D eigenvalue weighted by Crippen LogP contribution is 2.40. The number of nitrogens with one attached hydrogen (secondary N) is 1. The van der Waals surface area contributed by atoms with E-state index in [1.807, 2.05) is 30.3 Å². The molecule has 0 amide bonds. The summed E-state index contributed by atoms with van der Waals surface area (Å²) in [7, 11) is 6.52. The summed E-state index contributed by atoms with van der Waals surface area (Å²) in [4.78, 5) is 0. The van der Waals surface area contributed by atoms with Gasteiger partial charge in [0.05, 0.1) is 39.9 Å². The second-order valence-corrected chi connectivity index (χ2v) is 8.10. The average molecular weight is 441 g/mol. The Hall–Kier alpha value is -2.91. The molecule has 0 saturated heterocycles. The molecule has 2 rings (SSSR count). The number of rotatable bonds is 13. The molecule has 0 heterocycles. The van der Waals surface area contributed by atoms with Crippen LogP contribution in [0.5, 0.6) is 23.0 Å². The fraction of sp³-hybridized carbons (Fsp3) is 0.500. The summed E-state index contributed by atoms with van der Waals surface area (Å²) in [6.45, 7) is 5.90. The summed E-state index contributed by atoms with van der Waals surface area (Å²) in [5.41, 5.74) is 1.58. The van der Waals surface area contributed by atoms with Gasteiger partial charge in [-0.2, -0.15) is 5.26 Å². The van der Waals surface area contributed by atoms with Crippen molar-refractivity contribution in [1.29, 1.82) is 5.26 Å². The molecule has 1 N–H and O–H groups in total. The van der Waals surface area contributed by atoms with Gasteiger partial charge < -0.3 is 24.3 Å². The minimum atomic E-state index is -0.579. The lowest BCUT2D eigenvalue weighted by atomic mass is 9.70. The maximum atomic E-state index is 10.2. The summed E-state index contributed by atoms with van der Waals surface area (Å²) < 4.78 is 21.5. The minimum absolute atomic E-state index is 0.164. The van der Waals surface area contributed by atoms with Gasteiger partial charge in [0.15, 0.2) is 23.0 Å². The van der Waals surface area contributed by atoms with Crippen molar-refractivity contribution in [1.82, 2.24) is 5.32 Å². The predicted molar refractivity (Wildman–Crippen MR) is 127 cm³/mol. The maximum Gasteiger partial charge on any atom is 0.161 e. The molecule has 2 aromatic rings. The Kier molecular flexibility index (Phi) is 9.67. The van der Waals surface area contributed by atoms with Crippen molar-refractivity contribution in [2.75, 3.05) is 41.5 Å². The number of hydrogen-bond acceptors (Lipinski definition) is 6. The van der Waals surface area contributed by atoms with Crippen molar-refractivity contribution in [3.8, 4) is 29.1 Å². The number of nitriles is 1. The van der Waals surface area contributed by atoms with Crippen LogP contribution in [0.3, 0.4) is 0 Å². The molecular formula is C26H36N2O4. The van der Waals surface area contributed by atoms with E-state index in [4.69, 9.17) is 18.9 Å². The summed E-state index contributed by atoms with van der Waals surface area (Å²) in [6.07, 6.45) is 2.55. The van der Waals surface area contributed by atoms with Gasteiger partial charge in [0.25, 0.3) is 0 Å². The molecular weight excluding hydrogens is 404 g/mol. The van der Waals surface area contributed by atoms with E-state index in [0.717, 1.165) is 49.4 Å². The minimum Gasteiger partial charge on any atom is -0.493 e. The molecule has 174 valence electrons. The van der Waals surface area contributed by atoms with Crippen molar-refractivity contribution < 1.29 is 18.9 Å². The molecule has 0 aliphatic heterocycles. The zero-order chi connectivity index (χ0) is 23.6. The normalized spacial score (nSPS) is 12.7. The van der Waals surface area contributed by atoms with Crippen LogP contribution >= 0.6 is 0 Å². The predicted octanol–water partition coefficient (Wildman–Crippen LogP) is 4.75. The van der Waals surface area contributed by atoms with Gasteiger partial charge in [-0.15, -0.1) is 0 Å². The first-order valence-corrected chi connectivity index (χ1v) is 11.0. The largest absolute Gasteiger partial charge is 0.493 e. The molecule has 32 heavy (non-hydrogen) atoms. The zero-order valence-corrected chi connectivity index (χ0v) is 20.2. The SMILES string of the molecule is COc1ccc(CCNCCC[C@@](C#N)(c2ccc(OC)c(OC)c2)C(C)C)cc1OC. The van der Waals surface area contributed by atoms with E-state index in [1.54, 1.807) is 28.4 Å². The summed E-state index contributed by atoms with van der Waals surface area (Å²) in [5, 5.41) is 13.7. The molecule has 0 aliphatic rings. The first-order chi connectivity index (χ1) is 15.4. The molecule has 6 nitrogen and oxygen atoms in total. The van der Waals surface area contributed by atoms with Crippen LogP contribution in [-0.2, 0) is 11.8 Å². The standard InChI is InChI=1S/C26H36N2O4/c1-19(2)26(18-27,21-9-11-23(30-4)25(17-21)32-6)13-7-14-28-15-12-20-8-10-22(29-3)24(16-20)31-5/h8-11,16-17,19,28H,7,12-15H2,1-6H3/t26-/m0/s1. The van der Waals surface area contributed by atoms with Crippen molar-refractivity contribution in [2.24, 2.45) is 5.92 Å². The Bertz CT molecular complexity index is 907. The fourth-order valence-corrected chi connectivity index (χ4v) is 4.02. The van der Waals surface area contributed by atoms with E-state index in [-0.39, 0.29) is 5.92 Å². The number of methoxy groups -OCH3 is 4. The summed E-state index contributed by atoms with van der Waals surface area (Å²) in [6, 6.07) is 14.4. The highest BCUT2D eigenvalue weighted by molar-refractivity contribution is 5.47. The highest BCUT2D eigenvalue weighted by Gasteiger charge is 2.36. The molecule has 6 heteroatoms. The fourth-order valence-electron chi connectivity index (χ4n) is 4.02. The first-order valence-electron chi connectivity index (χ1n) is 11.0. The van der Waals surface area contributed by atoms with Crippen LogP contribution in [0.15, 0.2) is 36.4 Å². The van der Waals surface area contributed by atoms with Gasteiger partial charge in [0.1, 0.15) is 0 Å². The molecule has 0 bridgehead atoms. The number of ether oxygens (including phenoxy) is 4. The summed E-state index contributed by atoms with van der Waals surface area (Å²) in [5.74, 6) is 2.97. The smallest absolute Gasteiger partial charge is 0.161 e. The molecule has 2 aromatic carbocycles. The van der Waals surface area contributed by atoms with Crippen LogP contribution in [-0.4, -0.2) is 41.5 Å². The zero-order valence-electron chi connectivity index (χ0n) is 20.2. The maximum absolute atomic E-state index is 10.2. The van der Waals surface area contributed by atoms with Crippen LogP contribution in [0, 0.1) is 17.2 Å². The quantitative estimate of drug-likeness (QED) is 0.453. The number of hydrogen-bond donors (Lipinski definition) is 1. The Morgan fingerprint density at radius 3 is 2.00 bits per heavy atom. The van der Waals surface area contributed by atoms with E-state index >= 15 is 0 Å². The number of nitrogens with zero attached hydrogens (tertiary/aromatic N) is 1. The van der Waals surface area contributed by atoms with Crippen molar-refractivity contribution in [3.05, 3.63) is 47.5 Å². The van der Waals surface area contributed by atoms with Gasteiger partial charge in [0, 0.05) is 0 Å². The number of benzene rings is 2. The van der Waals surface area contributed by atoms with E-state index in [9.17, 15) is 5.26 Å².